The van der Waals surface area contributed by atoms with E-state index in [4.69, 9.17) is 9.47 Å². The van der Waals surface area contributed by atoms with E-state index in [1.807, 2.05) is 6.07 Å². The van der Waals surface area contributed by atoms with Crippen LogP contribution < -0.4 is 14.8 Å². The highest BCUT2D eigenvalue weighted by atomic mass is 16.5. The molecule has 0 unspecified atom stereocenters. The maximum atomic E-state index is 12.6. The molecule has 4 heteroatoms. The van der Waals surface area contributed by atoms with Gasteiger partial charge in [0.15, 0.2) is 11.5 Å². The minimum Gasteiger partial charge on any atom is -0.493 e. The number of fused-ring (bicyclic) bond motifs is 1. The molecule has 0 bridgehead atoms. The van der Waals surface area contributed by atoms with Crippen molar-refractivity contribution in [3.63, 3.8) is 0 Å². The van der Waals surface area contributed by atoms with Gasteiger partial charge in [0.1, 0.15) is 0 Å². The molecular formula is C19H21NO3. The lowest BCUT2D eigenvalue weighted by molar-refractivity contribution is 0.0932. The van der Waals surface area contributed by atoms with Crippen molar-refractivity contribution in [3.05, 3.63) is 59.2 Å². The molecule has 2 aromatic rings. The second-order valence-corrected chi connectivity index (χ2v) is 5.69. The second kappa shape index (κ2) is 6.73. The maximum absolute atomic E-state index is 12.6. The van der Waals surface area contributed by atoms with E-state index in [2.05, 4.69) is 23.5 Å². The Bertz CT molecular complexity index is 712. The zero-order chi connectivity index (χ0) is 16.2. The first-order chi connectivity index (χ1) is 11.2. The Morgan fingerprint density at radius 1 is 1.09 bits per heavy atom. The van der Waals surface area contributed by atoms with Gasteiger partial charge in [-0.3, -0.25) is 4.79 Å². The predicted molar refractivity (Wildman–Crippen MR) is 89.1 cm³/mol. The number of hydrogen-bond acceptors (Lipinski definition) is 3. The SMILES string of the molecule is COc1ccc(C(=O)N[C@H]2CCCc3ccccc32)cc1OC. The molecule has 0 saturated heterocycles. The first-order valence-corrected chi connectivity index (χ1v) is 7.83. The molecule has 0 aromatic heterocycles. The van der Waals surface area contributed by atoms with E-state index >= 15 is 0 Å². The molecule has 1 aliphatic rings. The molecule has 1 aliphatic carbocycles. The van der Waals surface area contributed by atoms with Crippen molar-refractivity contribution in [3.8, 4) is 11.5 Å². The average Bonchev–Trinajstić information content (AvgIpc) is 2.61. The summed E-state index contributed by atoms with van der Waals surface area (Å²) < 4.78 is 10.5. The number of rotatable bonds is 4. The number of carbonyl (C=O) groups excluding carboxylic acids is 1. The van der Waals surface area contributed by atoms with Crippen molar-refractivity contribution in [1.29, 1.82) is 0 Å². The zero-order valence-corrected chi connectivity index (χ0v) is 13.5. The predicted octanol–water partition coefficient (Wildman–Crippen LogP) is 3.51. The van der Waals surface area contributed by atoms with E-state index in [9.17, 15) is 4.79 Å². The molecule has 0 saturated carbocycles. The Morgan fingerprint density at radius 2 is 1.87 bits per heavy atom. The van der Waals surface area contributed by atoms with Crippen molar-refractivity contribution in [2.24, 2.45) is 0 Å². The van der Waals surface area contributed by atoms with Gasteiger partial charge in [-0.25, -0.2) is 0 Å². The van der Waals surface area contributed by atoms with Crippen LogP contribution in [0.5, 0.6) is 11.5 Å². The molecular weight excluding hydrogens is 290 g/mol. The van der Waals surface area contributed by atoms with Crippen LogP contribution in [0.15, 0.2) is 42.5 Å². The number of amides is 1. The zero-order valence-electron chi connectivity index (χ0n) is 13.5. The van der Waals surface area contributed by atoms with Gasteiger partial charge in [0.05, 0.1) is 20.3 Å². The van der Waals surface area contributed by atoms with Gasteiger partial charge in [0.25, 0.3) is 5.91 Å². The Labute approximate surface area is 136 Å². The highest BCUT2D eigenvalue weighted by molar-refractivity contribution is 5.95. The van der Waals surface area contributed by atoms with E-state index in [0.717, 1.165) is 19.3 Å². The van der Waals surface area contributed by atoms with Gasteiger partial charge in [0.2, 0.25) is 0 Å². The van der Waals surface area contributed by atoms with Crippen molar-refractivity contribution in [2.75, 3.05) is 14.2 Å². The molecule has 0 heterocycles. The molecule has 4 nitrogen and oxygen atoms in total. The van der Waals surface area contributed by atoms with Gasteiger partial charge >= 0.3 is 0 Å². The second-order valence-electron chi connectivity index (χ2n) is 5.69. The van der Waals surface area contributed by atoms with Gasteiger partial charge in [-0.05, 0) is 48.6 Å². The number of benzene rings is 2. The molecule has 1 atom stereocenters. The van der Waals surface area contributed by atoms with E-state index in [1.54, 1.807) is 32.4 Å². The standard InChI is InChI=1S/C19H21NO3/c1-22-17-11-10-14(12-18(17)23-2)19(21)20-16-9-5-7-13-6-3-4-8-15(13)16/h3-4,6,8,10-12,16H,5,7,9H2,1-2H3,(H,20,21)/t16-/m0/s1. The molecule has 3 rings (SSSR count). The molecule has 0 radical (unpaired) electrons. The summed E-state index contributed by atoms with van der Waals surface area (Å²) in [6, 6.07) is 13.6. The van der Waals surface area contributed by atoms with Crippen LogP contribution in [-0.2, 0) is 6.42 Å². The third kappa shape index (κ3) is 3.16. The third-order valence-corrected chi connectivity index (χ3v) is 4.32. The van der Waals surface area contributed by atoms with Crippen LogP contribution in [0.1, 0.15) is 40.4 Å². The smallest absolute Gasteiger partial charge is 0.251 e. The van der Waals surface area contributed by atoms with Gasteiger partial charge in [0, 0.05) is 5.56 Å². The minimum atomic E-state index is -0.0901. The van der Waals surface area contributed by atoms with E-state index in [0.29, 0.717) is 17.1 Å². The summed E-state index contributed by atoms with van der Waals surface area (Å²) in [5.74, 6) is 1.09. The van der Waals surface area contributed by atoms with E-state index in [-0.39, 0.29) is 11.9 Å². The molecule has 23 heavy (non-hydrogen) atoms. The summed E-state index contributed by atoms with van der Waals surface area (Å²) in [5, 5.41) is 3.14. The quantitative estimate of drug-likeness (QED) is 0.940. The highest BCUT2D eigenvalue weighted by Gasteiger charge is 2.22. The number of methoxy groups -OCH3 is 2. The topological polar surface area (TPSA) is 47.6 Å². The van der Waals surface area contributed by atoms with Crippen molar-refractivity contribution in [1.82, 2.24) is 5.32 Å². The fourth-order valence-electron chi connectivity index (χ4n) is 3.12. The summed E-state index contributed by atoms with van der Waals surface area (Å²) in [7, 11) is 3.15. The van der Waals surface area contributed by atoms with Gasteiger partial charge in [-0.2, -0.15) is 0 Å². The molecule has 0 fully saturated rings. The van der Waals surface area contributed by atoms with Crippen LogP contribution in [0.4, 0.5) is 0 Å². The minimum absolute atomic E-state index is 0.0700. The number of carbonyl (C=O) groups is 1. The number of nitrogens with one attached hydrogen (secondary N) is 1. The van der Waals surface area contributed by atoms with E-state index < -0.39 is 0 Å². The largest absolute Gasteiger partial charge is 0.493 e. The third-order valence-electron chi connectivity index (χ3n) is 4.32. The van der Waals surface area contributed by atoms with Gasteiger partial charge in [-0.15, -0.1) is 0 Å². The maximum Gasteiger partial charge on any atom is 0.251 e. The van der Waals surface area contributed by atoms with E-state index in [1.165, 1.54) is 11.1 Å². The molecule has 0 spiro atoms. The fourth-order valence-corrected chi connectivity index (χ4v) is 3.12. The van der Waals surface area contributed by atoms with Crippen LogP contribution in [0.2, 0.25) is 0 Å². The average molecular weight is 311 g/mol. The van der Waals surface area contributed by atoms with Crippen molar-refractivity contribution >= 4 is 5.91 Å². The fraction of sp³-hybridized carbons (Fsp3) is 0.316. The van der Waals surface area contributed by atoms with Crippen LogP contribution in [0.25, 0.3) is 0 Å². The first kappa shape index (κ1) is 15.4. The lowest BCUT2D eigenvalue weighted by Crippen LogP contribution is -2.30. The number of ether oxygens (including phenoxy) is 2. The van der Waals surface area contributed by atoms with Crippen LogP contribution in [0.3, 0.4) is 0 Å². The summed E-state index contributed by atoms with van der Waals surface area (Å²) in [6.07, 6.45) is 3.14. The normalized spacial score (nSPS) is 16.3. The molecule has 0 aliphatic heterocycles. The Hall–Kier alpha value is -2.49. The lowest BCUT2D eigenvalue weighted by Gasteiger charge is -2.26. The van der Waals surface area contributed by atoms with Gasteiger partial charge < -0.3 is 14.8 Å². The molecule has 2 aromatic carbocycles. The molecule has 1 amide bonds. The summed E-state index contributed by atoms with van der Waals surface area (Å²) in [6.45, 7) is 0. The van der Waals surface area contributed by atoms with Crippen LogP contribution in [0, 0.1) is 0 Å². The molecule has 120 valence electrons. The number of hydrogen-bond donors (Lipinski definition) is 1. The van der Waals surface area contributed by atoms with Crippen LogP contribution in [-0.4, -0.2) is 20.1 Å². The summed E-state index contributed by atoms with van der Waals surface area (Å²) in [5.41, 5.74) is 3.13. The Kier molecular flexibility index (Phi) is 4.51. The van der Waals surface area contributed by atoms with Crippen molar-refractivity contribution < 1.29 is 14.3 Å². The number of aryl methyl sites for hydroxylation is 1. The molecule has 1 N–H and O–H groups in total. The first-order valence-electron chi connectivity index (χ1n) is 7.83. The lowest BCUT2D eigenvalue weighted by atomic mass is 9.87. The van der Waals surface area contributed by atoms with Gasteiger partial charge in [-0.1, -0.05) is 24.3 Å². The summed E-state index contributed by atoms with van der Waals surface area (Å²) in [4.78, 5) is 12.6. The monoisotopic (exact) mass is 311 g/mol. The van der Waals surface area contributed by atoms with Crippen molar-refractivity contribution in [2.45, 2.75) is 25.3 Å². The Morgan fingerprint density at radius 3 is 2.65 bits per heavy atom. The summed E-state index contributed by atoms with van der Waals surface area (Å²) >= 11 is 0. The Balaban J connectivity index is 1.80. The van der Waals surface area contributed by atoms with Crippen LogP contribution >= 0.6 is 0 Å². The highest BCUT2D eigenvalue weighted by Crippen LogP contribution is 2.31.